The summed E-state index contributed by atoms with van der Waals surface area (Å²) < 4.78 is 0. The number of hydrogen-bond donors (Lipinski definition) is 0. The molecule has 0 aromatic heterocycles. The van der Waals surface area contributed by atoms with Crippen molar-refractivity contribution in [1.82, 2.24) is 9.80 Å². The van der Waals surface area contributed by atoms with Gasteiger partial charge in [0, 0.05) is 24.9 Å². The second kappa shape index (κ2) is 7.17. The highest BCUT2D eigenvalue weighted by molar-refractivity contribution is 7.99. The zero-order chi connectivity index (χ0) is 12.0. The summed E-state index contributed by atoms with van der Waals surface area (Å²) in [5.74, 6) is 2.56. The van der Waals surface area contributed by atoms with Crippen LogP contribution in [0.3, 0.4) is 0 Å². The predicted molar refractivity (Wildman–Crippen MR) is 70.9 cm³/mol. The Morgan fingerprint density at radius 1 is 1.44 bits per heavy atom. The number of rotatable bonds is 6. The zero-order valence-corrected chi connectivity index (χ0v) is 11.6. The van der Waals surface area contributed by atoms with Crippen molar-refractivity contribution in [1.29, 1.82) is 0 Å². The van der Waals surface area contributed by atoms with Gasteiger partial charge in [0.25, 0.3) is 0 Å². The number of likely N-dealkylation sites (tertiary alicyclic amines) is 1. The van der Waals surface area contributed by atoms with Crippen molar-refractivity contribution in [3.05, 3.63) is 0 Å². The standard InChI is InChI=1S/C12H24N2OS/c1-4-16-10-11(2)13(3)9-12(15)14-7-5-6-8-14/h11H,4-10H2,1-3H3/t11-/m0/s1. The highest BCUT2D eigenvalue weighted by atomic mass is 32.2. The number of carbonyl (C=O) groups is 1. The molecular weight excluding hydrogens is 220 g/mol. The van der Waals surface area contributed by atoms with Crippen molar-refractivity contribution in [3.8, 4) is 0 Å². The fourth-order valence-electron chi connectivity index (χ4n) is 1.85. The molecule has 0 spiro atoms. The van der Waals surface area contributed by atoms with Gasteiger partial charge in [0.05, 0.1) is 6.54 Å². The molecule has 1 rings (SSSR count). The lowest BCUT2D eigenvalue weighted by atomic mass is 10.3. The van der Waals surface area contributed by atoms with Gasteiger partial charge in [-0.2, -0.15) is 11.8 Å². The van der Waals surface area contributed by atoms with E-state index in [1.165, 1.54) is 12.8 Å². The Bertz CT molecular complexity index is 217. The lowest BCUT2D eigenvalue weighted by Gasteiger charge is -2.26. The Morgan fingerprint density at radius 2 is 2.06 bits per heavy atom. The highest BCUT2D eigenvalue weighted by Gasteiger charge is 2.20. The summed E-state index contributed by atoms with van der Waals surface area (Å²) in [6.45, 7) is 6.87. The van der Waals surface area contributed by atoms with Gasteiger partial charge in [0.2, 0.25) is 5.91 Å². The molecule has 94 valence electrons. The maximum atomic E-state index is 11.9. The van der Waals surface area contributed by atoms with Crippen LogP contribution in [0, 0.1) is 0 Å². The van der Waals surface area contributed by atoms with Gasteiger partial charge in [-0.1, -0.05) is 6.92 Å². The van der Waals surface area contributed by atoms with E-state index in [0.717, 1.165) is 24.6 Å². The summed E-state index contributed by atoms with van der Waals surface area (Å²) >= 11 is 1.94. The van der Waals surface area contributed by atoms with Crippen LogP contribution in [0.1, 0.15) is 26.7 Å². The van der Waals surface area contributed by atoms with Crippen molar-refractivity contribution in [2.24, 2.45) is 0 Å². The van der Waals surface area contributed by atoms with E-state index in [0.29, 0.717) is 18.5 Å². The first-order valence-corrected chi connectivity index (χ1v) is 7.36. The molecule has 1 fully saturated rings. The average Bonchev–Trinajstić information content (AvgIpc) is 2.79. The van der Waals surface area contributed by atoms with Crippen LogP contribution in [0.5, 0.6) is 0 Å². The van der Waals surface area contributed by atoms with Crippen molar-refractivity contribution < 1.29 is 4.79 Å². The number of nitrogens with zero attached hydrogens (tertiary/aromatic N) is 2. The lowest BCUT2D eigenvalue weighted by molar-refractivity contribution is -0.131. The van der Waals surface area contributed by atoms with Crippen LogP contribution in [0.25, 0.3) is 0 Å². The predicted octanol–water partition coefficient (Wildman–Crippen LogP) is 1.68. The average molecular weight is 244 g/mol. The monoisotopic (exact) mass is 244 g/mol. The third kappa shape index (κ3) is 4.34. The topological polar surface area (TPSA) is 23.6 Å². The Labute approximate surface area is 104 Å². The highest BCUT2D eigenvalue weighted by Crippen LogP contribution is 2.10. The number of likely N-dealkylation sites (N-methyl/N-ethyl adjacent to an activating group) is 1. The molecule has 1 aliphatic rings. The van der Waals surface area contributed by atoms with Gasteiger partial charge in [-0.25, -0.2) is 0 Å². The molecule has 0 aromatic carbocycles. The molecule has 1 heterocycles. The number of amides is 1. The number of carbonyl (C=O) groups excluding carboxylic acids is 1. The molecule has 1 atom stereocenters. The van der Waals surface area contributed by atoms with Crippen LogP contribution in [0.2, 0.25) is 0 Å². The largest absolute Gasteiger partial charge is 0.342 e. The third-order valence-corrected chi connectivity index (χ3v) is 4.29. The van der Waals surface area contributed by atoms with Gasteiger partial charge >= 0.3 is 0 Å². The molecule has 1 saturated heterocycles. The first-order chi connectivity index (χ1) is 7.65. The number of thioether (sulfide) groups is 1. The summed E-state index contributed by atoms with van der Waals surface area (Å²) in [5.41, 5.74) is 0. The van der Waals surface area contributed by atoms with Crippen LogP contribution >= 0.6 is 11.8 Å². The van der Waals surface area contributed by atoms with Gasteiger partial charge < -0.3 is 4.90 Å². The maximum Gasteiger partial charge on any atom is 0.236 e. The summed E-state index contributed by atoms with van der Waals surface area (Å²) in [4.78, 5) is 16.1. The molecule has 0 aliphatic carbocycles. The molecule has 0 radical (unpaired) electrons. The maximum absolute atomic E-state index is 11.9. The first-order valence-electron chi connectivity index (χ1n) is 6.21. The molecule has 3 nitrogen and oxygen atoms in total. The quantitative estimate of drug-likeness (QED) is 0.710. The zero-order valence-electron chi connectivity index (χ0n) is 10.7. The van der Waals surface area contributed by atoms with E-state index in [1.807, 2.05) is 16.7 Å². The summed E-state index contributed by atoms with van der Waals surface area (Å²) in [6, 6.07) is 0.483. The van der Waals surface area contributed by atoms with Gasteiger partial charge in [0.15, 0.2) is 0 Å². The molecular formula is C12H24N2OS. The van der Waals surface area contributed by atoms with Crippen molar-refractivity contribution in [3.63, 3.8) is 0 Å². The minimum absolute atomic E-state index is 0.299. The van der Waals surface area contributed by atoms with Crippen LogP contribution in [0.15, 0.2) is 0 Å². The van der Waals surface area contributed by atoms with E-state index in [2.05, 4.69) is 25.8 Å². The SMILES string of the molecule is CCSC[C@H](C)N(C)CC(=O)N1CCCC1. The van der Waals surface area contributed by atoms with E-state index in [4.69, 9.17) is 0 Å². The molecule has 1 aliphatic heterocycles. The van der Waals surface area contributed by atoms with Crippen LogP contribution in [-0.4, -0.2) is 59.9 Å². The first kappa shape index (κ1) is 13.8. The molecule has 0 bridgehead atoms. The van der Waals surface area contributed by atoms with Crippen LogP contribution < -0.4 is 0 Å². The van der Waals surface area contributed by atoms with E-state index >= 15 is 0 Å². The number of hydrogen-bond acceptors (Lipinski definition) is 3. The molecule has 1 amide bonds. The molecule has 4 heteroatoms. The second-order valence-electron chi connectivity index (χ2n) is 4.51. The second-order valence-corrected chi connectivity index (χ2v) is 5.83. The van der Waals surface area contributed by atoms with Gasteiger partial charge in [0.1, 0.15) is 0 Å². The summed E-state index contributed by atoms with van der Waals surface area (Å²) in [7, 11) is 2.05. The van der Waals surface area contributed by atoms with E-state index in [1.54, 1.807) is 0 Å². The molecule has 0 unspecified atom stereocenters. The van der Waals surface area contributed by atoms with Gasteiger partial charge in [-0.3, -0.25) is 9.69 Å². The van der Waals surface area contributed by atoms with Gasteiger partial charge in [-0.05, 0) is 32.6 Å². The van der Waals surface area contributed by atoms with Crippen molar-refractivity contribution in [2.75, 3.05) is 38.2 Å². The van der Waals surface area contributed by atoms with Crippen molar-refractivity contribution in [2.45, 2.75) is 32.7 Å². The Morgan fingerprint density at radius 3 is 2.62 bits per heavy atom. The van der Waals surface area contributed by atoms with Crippen LogP contribution in [0.4, 0.5) is 0 Å². The normalized spacial score (nSPS) is 18.1. The Balaban J connectivity index is 2.26. The Kier molecular flexibility index (Phi) is 6.21. The molecule has 0 N–H and O–H groups in total. The molecule has 0 saturated carbocycles. The third-order valence-electron chi connectivity index (χ3n) is 3.16. The van der Waals surface area contributed by atoms with Crippen molar-refractivity contribution >= 4 is 17.7 Å². The minimum atomic E-state index is 0.299. The fraction of sp³-hybridized carbons (Fsp3) is 0.917. The smallest absolute Gasteiger partial charge is 0.236 e. The van der Waals surface area contributed by atoms with Crippen LogP contribution in [-0.2, 0) is 4.79 Å². The lowest BCUT2D eigenvalue weighted by Crippen LogP contribution is -2.41. The van der Waals surface area contributed by atoms with E-state index in [-0.39, 0.29) is 0 Å². The van der Waals surface area contributed by atoms with Gasteiger partial charge in [-0.15, -0.1) is 0 Å². The summed E-state index contributed by atoms with van der Waals surface area (Å²) in [6.07, 6.45) is 2.35. The molecule has 16 heavy (non-hydrogen) atoms. The van der Waals surface area contributed by atoms with E-state index < -0.39 is 0 Å². The fourth-order valence-corrected chi connectivity index (χ4v) is 2.68. The van der Waals surface area contributed by atoms with E-state index in [9.17, 15) is 4.79 Å². The molecule has 0 aromatic rings. The minimum Gasteiger partial charge on any atom is -0.342 e. The summed E-state index contributed by atoms with van der Waals surface area (Å²) in [5, 5.41) is 0. The Hall–Kier alpha value is -0.220.